The number of hydrogen-bond acceptors (Lipinski definition) is 4. The lowest BCUT2D eigenvalue weighted by molar-refractivity contribution is -0.271. The van der Waals surface area contributed by atoms with Gasteiger partial charge in [0, 0.05) is 57.0 Å². The number of benzene rings is 3. The number of anilines is 1. The van der Waals surface area contributed by atoms with Crippen LogP contribution in [0.2, 0.25) is 0 Å². The van der Waals surface area contributed by atoms with Crippen LogP contribution in [0.4, 0.5) is 18.9 Å². The molecule has 0 bridgehead atoms. The van der Waals surface area contributed by atoms with Crippen LogP contribution >= 0.6 is 0 Å². The number of piperidine rings is 2. The number of carbonyl (C=O) groups excluding carboxylic acids is 1. The van der Waals surface area contributed by atoms with E-state index >= 15 is 0 Å². The Morgan fingerprint density at radius 2 is 1.57 bits per heavy atom. The molecule has 2 atom stereocenters. The van der Waals surface area contributed by atoms with Crippen molar-refractivity contribution in [3.63, 3.8) is 0 Å². The number of methoxy groups -OCH3 is 1. The number of nitrogens with zero attached hydrogens (tertiary/aromatic N) is 2. The first kappa shape index (κ1) is 30.1. The maximum Gasteiger partial charge on any atom is 0.430 e. The standard InChI is InChI=1S/C34H40F3N3O2/c1-3-39(25-26-12-6-4-7-13-26)30-17-11-10-16-28(30)29-24-38-21-18-32(29)19-22-40(23-20-32)31(41)33(42-2,34(35,36)37)27-14-8-5-9-15-27/h4-17,29,38H,3,18-25H2,1-2H3/t29?,33-/m1/s1. The average molecular weight is 580 g/mol. The molecule has 8 heteroatoms. The van der Waals surface area contributed by atoms with Crippen LogP contribution in [0.5, 0.6) is 0 Å². The molecule has 1 spiro atoms. The van der Waals surface area contributed by atoms with E-state index in [0.29, 0.717) is 12.8 Å². The minimum atomic E-state index is -4.91. The van der Waals surface area contributed by atoms with E-state index < -0.39 is 17.7 Å². The Bertz CT molecular complexity index is 1330. The number of para-hydroxylation sites is 1. The highest BCUT2D eigenvalue weighted by atomic mass is 19.4. The molecule has 3 aromatic rings. The number of amides is 1. The average Bonchev–Trinajstić information content (AvgIpc) is 3.01. The molecule has 2 aliphatic rings. The summed E-state index contributed by atoms with van der Waals surface area (Å²) in [6.07, 6.45) is -2.73. The molecule has 2 heterocycles. The van der Waals surface area contributed by atoms with Gasteiger partial charge in [0.05, 0.1) is 0 Å². The molecule has 5 rings (SSSR count). The van der Waals surface area contributed by atoms with E-state index in [-0.39, 0.29) is 30.0 Å². The third-order valence-electron chi connectivity index (χ3n) is 9.37. The maximum atomic E-state index is 14.6. The van der Waals surface area contributed by atoms with E-state index in [1.54, 1.807) is 6.07 Å². The number of nitrogens with one attached hydrogen (secondary N) is 1. The molecule has 3 aromatic carbocycles. The molecule has 0 aromatic heterocycles. The predicted octanol–water partition coefficient (Wildman–Crippen LogP) is 6.50. The van der Waals surface area contributed by atoms with E-state index in [4.69, 9.17) is 4.74 Å². The van der Waals surface area contributed by atoms with Gasteiger partial charge < -0.3 is 19.9 Å². The largest absolute Gasteiger partial charge is 0.430 e. The van der Waals surface area contributed by atoms with Crippen molar-refractivity contribution in [3.05, 3.63) is 102 Å². The molecule has 0 saturated carbocycles. The van der Waals surface area contributed by atoms with Crippen molar-refractivity contribution in [1.82, 2.24) is 10.2 Å². The van der Waals surface area contributed by atoms with Crippen molar-refractivity contribution in [2.45, 2.75) is 50.4 Å². The highest BCUT2D eigenvalue weighted by Gasteiger charge is 2.64. The Morgan fingerprint density at radius 1 is 0.952 bits per heavy atom. The Labute approximate surface area is 246 Å². The van der Waals surface area contributed by atoms with Crippen LogP contribution in [0.1, 0.15) is 48.8 Å². The number of carbonyl (C=O) groups is 1. The molecule has 1 N–H and O–H groups in total. The van der Waals surface area contributed by atoms with E-state index in [1.807, 2.05) is 6.07 Å². The monoisotopic (exact) mass is 579 g/mol. The van der Waals surface area contributed by atoms with Crippen LogP contribution in [0.25, 0.3) is 0 Å². The van der Waals surface area contributed by atoms with Crippen LogP contribution in [0.15, 0.2) is 84.9 Å². The summed E-state index contributed by atoms with van der Waals surface area (Å²) >= 11 is 0. The summed E-state index contributed by atoms with van der Waals surface area (Å²) in [5.74, 6) is -0.863. The highest BCUT2D eigenvalue weighted by Crippen LogP contribution is 2.51. The van der Waals surface area contributed by atoms with Gasteiger partial charge in [0.2, 0.25) is 0 Å². The van der Waals surface area contributed by atoms with Gasteiger partial charge >= 0.3 is 6.18 Å². The minimum Gasteiger partial charge on any atom is -0.367 e. The number of likely N-dealkylation sites (tertiary alicyclic amines) is 1. The first-order chi connectivity index (χ1) is 20.3. The van der Waals surface area contributed by atoms with Crippen molar-refractivity contribution in [1.29, 1.82) is 0 Å². The molecular weight excluding hydrogens is 539 g/mol. The summed E-state index contributed by atoms with van der Waals surface area (Å²) in [4.78, 5) is 17.5. The molecule has 0 aliphatic carbocycles. The second kappa shape index (κ2) is 12.5. The summed E-state index contributed by atoms with van der Waals surface area (Å²) in [5, 5.41) is 3.58. The Hall–Kier alpha value is -3.36. The van der Waals surface area contributed by atoms with Gasteiger partial charge in [-0.1, -0.05) is 78.9 Å². The van der Waals surface area contributed by atoms with Crippen LogP contribution in [-0.2, 0) is 21.7 Å². The Morgan fingerprint density at radius 3 is 2.19 bits per heavy atom. The fourth-order valence-corrected chi connectivity index (χ4v) is 7.03. The summed E-state index contributed by atoms with van der Waals surface area (Å²) in [7, 11) is 0.971. The van der Waals surface area contributed by atoms with Gasteiger partial charge in [-0.25, -0.2) is 0 Å². The second-order valence-corrected chi connectivity index (χ2v) is 11.5. The van der Waals surface area contributed by atoms with E-state index in [0.717, 1.165) is 39.7 Å². The van der Waals surface area contributed by atoms with Crippen LogP contribution < -0.4 is 10.2 Å². The van der Waals surface area contributed by atoms with Crippen molar-refractivity contribution in [2.24, 2.45) is 5.41 Å². The molecule has 5 nitrogen and oxygen atoms in total. The second-order valence-electron chi connectivity index (χ2n) is 11.5. The third-order valence-corrected chi connectivity index (χ3v) is 9.37. The number of alkyl halides is 3. The fourth-order valence-electron chi connectivity index (χ4n) is 7.03. The highest BCUT2D eigenvalue weighted by molar-refractivity contribution is 5.88. The molecule has 42 heavy (non-hydrogen) atoms. The maximum absolute atomic E-state index is 14.6. The van der Waals surface area contributed by atoms with E-state index in [1.165, 1.54) is 46.0 Å². The number of ether oxygens (including phenoxy) is 1. The molecule has 1 unspecified atom stereocenters. The van der Waals surface area contributed by atoms with Crippen LogP contribution in [0.3, 0.4) is 0 Å². The van der Waals surface area contributed by atoms with Crippen LogP contribution in [-0.4, -0.2) is 56.8 Å². The smallest absolute Gasteiger partial charge is 0.367 e. The van der Waals surface area contributed by atoms with Gasteiger partial charge in [-0.2, -0.15) is 13.2 Å². The van der Waals surface area contributed by atoms with Gasteiger partial charge in [-0.3, -0.25) is 4.79 Å². The summed E-state index contributed by atoms with van der Waals surface area (Å²) in [6, 6.07) is 26.2. The summed E-state index contributed by atoms with van der Waals surface area (Å²) in [6.45, 7) is 5.95. The summed E-state index contributed by atoms with van der Waals surface area (Å²) < 4.78 is 49.0. The van der Waals surface area contributed by atoms with Crippen molar-refractivity contribution >= 4 is 11.6 Å². The molecule has 2 saturated heterocycles. The molecule has 1 amide bonds. The zero-order valence-electron chi connectivity index (χ0n) is 24.4. The topological polar surface area (TPSA) is 44.8 Å². The summed E-state index contributed by atoms with van der Waals surface area (Å²) in [5.41, 5.74) is 0.338. The molecule has 2 fully saturated rings. The SMILES string of the molecule is CCN(Cc1ccccc1)c1ccccc1C1CNCCC12CCN(C(=O)[C@](OC)(c1ccccc1)C(F)(F)F)CC2. The minimum absolute atomic E-state index is 0.120. The van der Waals surface area contributed by atoms with Gasteiger partial charge in [0.15, 0.2) is 0 Å². The Balaban J connectivity index is 1.41. The number of halogens is 3. The van der Waals surface area contributed by atoms with Gasteiger partial charge in [0.25, 0.3) is 11.5 Å². The zero-order valence-corrected chi connectivity index (χ0v) is 24.4. The first-order valence-corrected chi connectivity index (χ1v) is 14.8. The fraction of sp³-hybridized carbons (Fsp3) is 0.441. The van der Waals surface area contributed by atoms with Crippen LogP contribution in [0, 0.1) is 5.41 Å². The van der Waals surface area contributed by atoms with Crippen molar-refractivity contribution in [2.75, 3.05) is 44.7 Å². The number of rotatable bonds is 8. The lowest BCUT2D eigenvalue weighted by atomic mass is 9.62. The lowest BCUT2D eigenvalue weighted by Crippen LogP contribution is -2.59. The van der Waals surface area contributed by atoms with Crippen molar-refractivity contribution in [3.8, 4) is 0 Å². The Kier molecular flexibility index (Phi) is 8.94. The first-order valence-electron chi connectivity index (χ1n) is 14.8. The molecular formula is C34H40F3N3O2. The van der Waals surface area contributed by atoms with E-state index in [2.05, 4.69) is 65.7 Å². The van der Waals surface area contributed by atoms with Gasteiger partial charge in [0.1, 0.15) is 0 Å². The molecule has 0 radical (unpaired) electrons. The lowest BCUT2D eigenvalue weighted by Gasteiger charge is -2.51. The van der Waals surface area contributed by atoms with E-state index in [9.17, 15) is 18.0 Å². The predicted molar refractivity (Wildman–Crippen MR) is 159 cm³/mol. The molecule has 224 valence electrons. The zero-order chi connectivity index (χ0) is 29.8. The third kappa shape index (κ3) is 5.54. The van der Waals surface area contributed by atoms with Gasteiger partial charge in [-0.15, -0.1) is 0 Å². The quantitative estimate of drug-likeness (QED) is 0.331. The number of hydrogen-bond donors (Lipinski definition) is 1. The molecule has 2 aliphatic heterocycles. The van der Waals surface area contributed by atoms with Gasteiger partial charge in [-0.05, 0) is 55.3 Å². The normalized spacial score (nSPS) is 20.2. The van der Waals surface area contributed by atoms with Crippen molar-refractivity contribution < 1.29 is 22.7 Å².